The van der Waals surface area contributed by atoms with E-state index in [1.165, 1.54) is 12.8 Å². The van der Waals surface area contributed by atoms with E-state index in [-0.39, 0.29) is 11.4 Å². The molecule has 1 amide bonds. The van der Waals surface area contributed by atoms with Gasteiger partial charge in [-0.25, -0.2) is 0 Å². The lowest BCUT2D eigenvalue weighted by Gasteiger charge is -2.25. The number of carbonyl (C=O) groups is 1. The van der Waals surface area contributed by atoms with Crippen LogP contribution in [-0.2, 0) is 4.79 Å². The van der Waals surface area contributed by atoms with Crippen molar-refractivity contribution in [3.63, 3.8) is 0 Å². The minimum Gasteiger partial charge on any atom is -0.370 e. The standard InChI is InChI=1S/C10H23NOSi/c1-5-6-7-8-9(10(11)12)13(2,3)4/h9H,5-8H2,1-4H3,(H2,11,12). The van der Waals surface area contributed by atoms with Crippen LogP contribution in [0.5, 0.6) is 0 Å². The molecule has 0 heterocycles. The number of unbranched alkanes of at least 4 members (excludes halogenated alkanes) is 2. The first-order valence-corrected chi connectivity index (χ1v) is 8.76. The maximum Gasteiger partial charge on any atom is 0.217 e. The Kier molecular flexibility index (Phi) is 5.29. The molecule has 0 saturated carbocycles. The summed E-state index contributed by atoms with van der Waals surface area (Å²) < 4.78 is 0. The summed E-state index contributed by atoms with van der Waals surface area (Å²) in [5.74, 6) is -0.0877. The number of nitrogens with two attached hydrogens (primary N) is 1. The van der Waals surface area contributed by atoms with Crippen LogP contribution in [-0.4, -0.2) is 14.0 Å². The first-order chi connectivity index (χ1) is 5.89. The smallest absolute Gasteiger partial charge is 0.217 e. The maximum absolute atomic E-state index is 11.2. The molecule has 0 aromatic carbocycles. The predicted octanol–water partition coefficient (Wildman–Crippen LogP) is 2.76. The fraction of sp³-hybridized carbons (Fsp3) is 0.900. The zero-order valence-electron chi connectivity index (χ0n) is 9.39. The third kappa shape index (κ3) is 5.08. The van der Waals surface area contributed by atoms with E-state index in [0.717, 1.165) is 12.8 Å². The van der Waals surface area contributed by atoms with Gasteiger partial charge in [0.25, 0.3) is 0 Å². The third-order valence-electron chi connectivity index (χ3n) is 2.49. The summed E-state index contributed by atoms with van der Waals surface area (Å²) in [6, 6.07) is 0. The fourth-order valence-electron chi connectivity index (χ4n) is 1.60. The number of carbonyl (C=O) groups excluding carboxylic acids is 1. The molecule has 0 aliphatic heterocycles. The van der Waals surface area contributed by atoms with Crippen LogP contribution in [0.25, 0.3) is 0 Å². The maximum atomic E-state index is 11.2. The lowest BCUT2D eigenvalue weighted by atomic mass is 10.1. The lowest BCUT2D eigenvalue weighted by molar-refractivity contribution is -0.118. The molecule has 0 aliphatic carbocycles. The summed E-state index contributed by atoms with van der Waals surface area (Å²) in [5, 5.41) is 0. The van der Waals surface area contributed by atoms with E-state index in [1.807, 2.05) is 0 Å². The van der Waals surface area contributed by atoms with Crippen LogP contribution in [0.1, 0.15) is 32.6 Å². The molecule has 2 nitrogen and oxygen atoms in total. The van der Waals surface area contributed by atoms with Gasteiger partial charge in [-0.05, 0) is 6.42 Å². The molecule has 0 aromatic rings. The van der Waals surface area contributed by atoms with Crippen LogP contribution in [0.4, 0.5) is 0 Å². The minimum absolute atomic E-state index is 0.0877. The Balaban J connectivity index is 4.04. The second kappa shape index (κ2) is 5.42. The van der Waals surface area contributed by atoms with Crippen molar-refractivity contribution < 1.29 is 4.79 Å². The van der Waals surface area contributed by atoms with Crippen molar-refractivity contribution >= 4 is 14.0 Å². The van der Waals surface area contributed by atoms with E-state index in [0.29, 0.717) is 0 Å². The van der Waals surface area contributed by atoms with Crippen molar-refractivity contribution in [1.82, 2.24) is 0 Å². The van der Waals surface area contributed by atoms with E-state index in [2.05, 4.69) is 26.6 Å². The van der Waals surface area contributed by atoms with Gasteiger partial charge in [0.05, 0.1) is 8.07 Å². The van der Waals surface area contributed by atoms with Crippen molar-refractivity contribution in [3.05, 3.63) is 0 Å². The van der Waals surface area contributed by atoms with Crippen LogP contribution >= 0.6 is 0 Å². The molecule has 0 fully saturated rings. The van der Waals surface area contributed by atoms with Crippen molar-refractivity contribution in [2.24, 2.45) is 5.73 Å². The molecule has 13 heavy (non-hydrogen) atoms. The minimum atomic E-state index is -1.37. The summed E-state index contributed by atoms with van der Waals surface area (Å²) >= 11 is 0. The highest BCUT2D eigenvalue weighted by Crippen LogP contribution is 2.27. The van der Waals surface area contributed by atoms with Crippen LogP contribution in [0.2, 0.25) is 25.2 Å². The molecular formula is C10H23NOSi. The molecule has 0 aromatic heterocycles. The van der Waals surface area contributed by atoms with Gasteiger partial charge >= 0.3 is 0 Å². The molecule has 3 heteroatoms. The van der Waals surface area contributed by atoms with Gasteiger partial charge in [-0.15, -0.1) is 0 Å². The second-order valence-electron chi connectivity index (χ2n) is 4.82. The largest absolute Gasteiger partial charge is 0.370 e. The van der Waals surface area contributed by atoms with Gasteiger partial charge in [0.2, 0.25) is 5.91 Å². The van der Waals surface area contributed by atoms with Crippen LogP contribution < -0.4 is 5.73 Å². The molecule has 78 valence electrons. The number of amides is 1. The van der Waals surface area contributed by atoms with Crippen molar-refractivity contribution in [3.8, 4) is 0 Å². The topological polar surface area (TPSA) is 43.1 Å². The van der Waals surface area contributed by atoms with E-state index in [9.17, 15) is 4.79 Å². The van der Waals surface area contributed by atoms with Gasteiger partial charge < -0.3 is 5.73 Å². The van der Waals surface area contributed by atoms with Crippen molar-refractivity contribution in [2.45, 2.75) is 57.8 Å². The highest BCUT2D eigenvalue weighted by Gasteiger charge is 2.30. The summed E-state index contributed by atoms with van der Waals surface area (Å²) in [6.07, 6.45) is 4.57. The fourth-order valence-corrected chi connectivity index (χ4v) is 3.52. The first kappa shape index (κ1) is 12.7. The average molecular weight is 201 g/mol. The molecule has 0 bridgehead atoms. The van der Waals surface area contributed by atoms with E-state index in [4.69, 9.17) is 5.73 Å². The Hall–Kier alpha value is -0.313. The quantitative estimate of drug-likeness (QED) is 0.521. The number of rotatable bonds is 6. The Morgan fingerprint density at radius 1 is 1.31 bits per heavy atom. The highest BCUT2D eigenvalue weighted by atomic mass is 28.3. The van der Waals surface area contributed by atoms with Crippen molar-refractivity contribution in [1.29, 1.82) is 0 Å². The van der Waals surface area contributed by atoms with Gasteiger partial charge in [0.1, 0.15) is 0 Å². The monoisotopic (exact) mass is 201 g/mol. The van der Waals surface area contributed by atoms with Crippen LogP contribution in [0.3, 0.4) is 0 Å². The Morgan fingerprint density at radius 2 is 1.85 bits per heavy atom. The van der Waals surface area contributed by atoms with Crippen LogP contribution in [0.15, 0.2) is 0 Å². The number of primary amides is 1. The van der Waals surface area contributed by atoms with Gasteiger partial charge in [0.15, 0.2) is 0 Å². The van der Waals surface area contributed by atoms with Gasteiger partial charge in [-0.2, -0.15) is 0 Å². The Bertz CT molecular complexity index is 163. The van der Waals surface area contributed by atoms with E-state index < -0.39 is 8.07 Å². The molecule has 0 spiro atoms. The summed E-state index contributed by atoms with van der Waals surface area (Å²) in [6.45, 7) is 8.82. The molecule has 0 radical (unpaired) electrons. The molecule has 0 aliphatic rings. The van der Waals surface area contributed by atoms with Gasteiger partial charge in [0, 0.05) is 5.54 Å². The molecule has 1 unspecified atom stereocenters. The second-order valence-corrected chi connectivity index (χ2v) is 10.2. The first-order valence-electron chi connectivity index (χ1n) is 5.19. The average Bonchev–Trinajstić information content (AvgIpc) is 1.94. The van der Waals surface area contributed by atoms with E-state index in [1.54, 1.807) is 0 Å². The SMILES string of the molecule is CCCCCC(C(N)=O)[Si](C)(C)C. The summed E-state index contributed by atoms with van der Waals surface area (Å²) in [7, 11) is -1.37. The van der Waals surface area contributed by atoms with E-state index >= 15 is 0 Å². The zero-order valence-corrected chi connectivity index (χ0v) is 10.4. The molecule has 1 atom stereocenters. The normalized spacial score (nSPS) is 14.2. The molecule has 0 saturated heterocycles. The summed E-state index contributed by atoms with van der Waals surface area (Å²) in [4.78, 5) is 11.2. The molecular weight excluding hydrogens is 178 g/mol. The predicted molar refractivity (Wildman–Crippen MR) is 60.4 cm³/mol. The van der Waals surface area contributed by atoms with Gasteiger partial charge in [-0.1, -0.05) is 45.8 Å². The lowest BCUT2D eigenvalue weighted by Crippen LogP contribution is -2.37. The zero-order chi connectivity index (χ0) is 10.5. The highest BCUT2D eigenvalue weighted by molar-refractivity contribution is 6.80. The Labute approximate surface area is 82.9 Å². The Morgan fingerprint density at radius 3 is 2.15 bits per heavy atom. The molecule has 0 rings (SSSR count). The summed E-state index contributed by atoms with van der Waals surface area (Å²) in [5.41, 5.74) is 5.57. The molecule has 2 N–H and O–H groups in total. The third-order valence-corrected chi connectivity index (χ3v) is 5.15. The number of hydrogen-bond donors (Lipinski definition) is 1. The van der Waals surface area contributed by atoms with Gasteiger partial charge in [-0.3, -0.25) is 4.79 Å². The number of hydrogen-bond acceptors (Lipinski definition) is 1. The van der Waals surface area contributed by atoms with Crippen molar-refractivity contribution in [2.75, 3.05) is 0 Å². The van der Waals surface area contributed by atoms with Crippen LogP contribution in [0, 0.1) is 0 Å².